The molecule has 1 aliphatic carbocycles. The zero-order valence-electron chi connectivity index (χ0n) is 11.6. The van der Waals surface area contributed by atoms with Crippen molar-refractivity contribution in [2.75, 3.05) is 0 Å². The Morgan fingerprint density at radius 2 is 2.25 bits per heavy atom. The Hall–Kier alpha value is -2.24. The molecule has 1 heterocycles. The maximum atomic E-state index is 12.2. The Labute approximate surface area is 117 Å². The molecule has 0 unspecified atom stereocenters. The Bertz CT molecular complexity index is 618. The van der Waals surface area contributed by atoms with Gasteiger partial charge in [0.25, 0.3) is 5.91 Å². The summed E-state index contributed by atoms with van der Waals surface area (Å²) in [5, 5.41) is 14.1. The third-order valence-corrected chi connectivity index (χ3v) is 3.74. The first kappa shape index (κ1) is 12.8. The van der Waals surface area contributed by atoms with Gasteiger partial charge in [-0.05, 0) is 66.8 Å². The number of amides is 1. The van der Waals surface area contributed by atoms with E-state index in [4.69, 9.17) is 0 Å². The van der Waals surface area contributed by atoms with Crippen molar-refractivity contribution in [1.29, 1.82) is 0 Å². The molecule has 6 nitrogen and oxygen atoms in total. The molecule has 2 aromatic rings. The van der Waals surface area contributed by atoms with Crippen LogP contribution < -0.4 is 5.32 Å². The molecule has 1 aromatic heterocycles. The summed E-state index contributed by atoms with van der Waals surface area (Å²) in [5.41, 5.74) is 2.51. The third kappa shape index (κ3) is 2.54. The van der Waals surface area contributed by atoms with Crippen molar-refractivity contribution in [1.82, 2.24) is 25.5 Å². The van der Waals surface area contributed by atoms with Crippen LogP contribution in [0.1, 0.15) is 35.7 Å². The minimum atomic E-state index is -0.0178. The molecule has 104 valence electrons. The number of rotatable bonds is 4. The first-order chi connectivity index (χ1) is 9.65. The van der Waals surface area contributed by atoms with E-state index in [1.807, 2.05) is 19.1 Å². The van der Waals surface area contributed by atoms with Gasteiger partial charge in [0.1, 0.15) is 6.33 Å². The summed E-state index contributed by atoms with van der Waals surface area (Å²) >= 11 is 0. The second-order valence-corrected chi connectivity index (χ2v) is 5.36. The van der Waals surface area contributed by atoms with Gasteiger partial charge in [0.2, 0.25) is 0 Å². The maximum Gasteiger partial charge on any atom is 0.251 e. The Balaban J connectivity index is 1.77. The van der Waals surface area contributed by atoms with E-state index in [-0.39, 0.29) is 11.9 Å². The topological polar surface area (TPSA) is 72.7 Å². The van der Waals surface area contributed by atoms with Gasteiger partial charge in [-0.3, -0.25) is 4.79 Å². The third-order valence-electron chi connectivity index (χ3n) is 3.74. The van der Waals surface area contributed by atoms with Crippen LogP contribution in [0.15, 0.2) is 24.5 Å². The fourth-order valence-corrected chi connectivity index (χ4v) is 2.33. The van der Waals surface area contributed by atoms with Gasteiger partial charge in [-0.25, -0.2) is 4.68 Å². The molecule has 1 aromatic carbocycles. The van der Waals surface area contributed by atoms with Crippen molar-refractivity contribution < 1.29 is 4.79 Å². The Morgan fingerprint density at radius 3 is 2.85 bits per heavy atom. The minimum Gasteiger partial charge on any atom is -0.349 e. The van der Waals surface area contributed by atoms with Crippen molar-refractivity contribution in [2.24, 2.45) is 5.92 Å². The van der Waals surface area contributed by atoms with Crippen LogP contribution in [0.25, 0.3) is 5.69 Å². The fourth-order valence-electron chi connectivity index (χ4n) is 2.33. The van der Waals surface area contributed by atoms with Gasteiger partial charge in [-0.1, -0.05) is 0 Å². The monoisotopic (exact) mass is 271 g/mol. The average Bonchev–Trinajstić information content (AvgIpc) is 3.15. The number of tetrazole rings is 1. The smallest absolute Gasteiger partial charge is 0.251 e. The van der Waals surface area contributed by atoms with Crippen LogP contribution >= 0.6 is 0 Å². The van der Waals surface area contributed by atoms with Crippen LogP contribution in [0.4, 0.5) is 0 Å². The van der Waals surface area contributed by atoms with Crippen LogP contribution in [0.5, 0.6) is 0 Å². The zero-order chi connectivity index (χ0) is 14.1. The standard InChI is InChI=1S/C14H17N5O/c1-9-7-12(14(20)16-10(2)11-3-4-11)5-6-13(9)19-8-15-17-18-19/h5-8,10-11H,3-4H2,1-2H3,(H,16,20)/t10-/m0/s1. The van der Waals surface area contributed by atoms with E-state index in [1.165, 1.54) is 19.2 Å². The molecule has 0 bridgehead atoms. The summed E-state index contributed by atoms with van der Waals surface area (Å²) < 4.78 is 1.59. The number of hydrogen-bond donors (Lipinski definition) is 1. The molecule has 0 radical (unpaired) electrons. The maximum absolute atomic E-state index is 12.2. The van der Waals surface area contributed by atoms with Crippen molar-refractivity contribution in [3.8, 4) is 5.69 Å². The van der Waals surface area contributed by atoms with E-state index in [1.54, 1.807) is 10.7 Å². The molecule has 1 saturated carbocycles. The molecule has 1 aliphatic rings. The Morgan fingerprint density at radius 1 is 1.45 bits per heavy atom. The first-order valence-corrected chi connectivity index (χ1v) is 6.80. The number of carbonyl (C=O) groups excluding carboxylic acids is 1. The number of hydrogen-bond acceptors (Lipinski definition) is 4. The molecule has 20 heavy (non-hydrogen) atoms. The van der Waals surface area contributed by atoms with E-state index in [0.29, 0.717) is 11.5 Å². The zero-order valence-corrected chi connectivity index (χ0v) is 11.6. The van der Waals surface area contributed by atoms with E-state index >= 15 is 0 Å². The number of nitrogens with one attached hydrogen (secondary N) is 1. The van der Waals surface area contributed by atoms with Crippen LogP contribution in [0, 0.1) is 12.8 Å². The summed E-state index contributed by atoms with van der Waals surface area (Å²) in [4.78, 5) is 12.2. The lowest BCUT2D eigenvalue weighted by Gasteiger charge is -2.13. The summed E-state index contributed by atoms with van der Waals surface area (Å²) in [6.45, 7) is 4.01. The van der Waals surface area contributed by atoms with Crippen molar-refractivity contribution in [2.45, 2.75) is 32.7 Å². The quantitative estimate of drug-likeness (QED) is 0.914. The highest BCUT2D eigenvalue weighted by Crippen LogP contribution is 2.32. The van der Waals surface area contributed by atoms with Crippen molar-refractivity contribution >= 4 is 5.91 Å². The summed E-state index contributed by atoms with van der Waals surface area (Å²) in [6.07, 6.45) is 3.98. The minimum absolute atomic E-state index is 0.0178. The van der Waals surface area contributed by atoms with Crippen LogP contribution in [-0.4, -0.2) is 32.2 Å². The van der Waals surface area contributed by atoms with Crippen LogP contribution in [-0.2, 0) is 0 Å². The molecular formula is C14H17N5O. The predicted molar refractivity (Wildman–Crippen MR) is 73.5 cm³/mol. The predicted octanol–water partition coefficient (Wildman–Crippen LogP) is 1.50. The molecule has 0 saturated heterocycles. The largest absolute Gasteiger partial charge is 0.349 e. The van der Waals surface area contributed by atoms with Gasteiger partial charge < -0.3 is 5.32 Å². The highest BCUT2D eigenvalue weighted by molar-refractivity contribution is 5.94. The molecule has 1 atom stereocenters. The van der Waals surface area contributed by atoms with Gasteiger partial charge in [0.05, 0.1) is 5.69 Å². The molecule has 1 N–H and O–H groups in total. The molecule has 3 rings (SSSR count). The second-order valence-electron chi connectivity index (χ2n) is 5.36. The number of benzene rings is 1. The lowest BCUT2D eigenvalue weighted by molar-refractivity contribution is 0.0936. The van der Waals surface area contributed by atoms with E-state index in [2.05, 4.69) is 27.8 Å². The van der Waals surface area contributed by atoms with E-state index in [9.17, 15) is 4.79 Å². The molecule has 1 fully saturated rings. The lowest BCUT2D eigenvalue weighted by atomic mass is 10.1. The molecular weight excluding hydrogens is 254 g/mol. The summed E-state index contributed by atoms with van der Waals surface area (Å²) in [7, 11) is 0. The first-order valence-electron chi connectivity index (χ1n) is 6.80. The fraction of sp³-hybridized carbons (Fsp3) is 0.429. The highest BCUT2D eigenvalue weighted by atomic mass is 16.1. The SMILES string of the molecule is Cc1cc(C(=O)N[C@@H](C)C2CC2)ccc1-n1cnnn1. The number of aryl methyl sites for hydroxylation is 1. The lowest BCUT2D eigenvalue weighted by Crippen LogP contribution is -2.34. The molecule has 0 spiro atoms. The van der Waals surface area contributed by atoms with Crippen molar-refractivity contribution in [3.63, 3.8) is 0 Å². The van der Waals surface area contributed by atoms with Crippen LogP contribution in [0.3, 0.4) is 0 Å². The van der Waals surface area contributed by atoms with Gasteiger partial charge in [-0.2, -0.15) is 0 Å². The average molecular weight is 271 g/mol. The molecule has 1 amide bonds. The Kier molecular flexibility index (Phi) is 3.22. The van der Waals surface area contributed by atoms with Gasteiger partial charge >= 0.3 is 0 Å². The number of aromatic nitrogens is 4. The van der Waals surface area contributed by atoms with Gasteiger partial charge in [-0.15, -0.1) is 5.10 Å². The van der Waals surface area contributed by atoms with Crippen LogP contribution in [0.2, 0.25) is 0 Å². The summed E-state index contributed by atoms with van der Waals surface area (Å²) in [6, 6.07) is 5.79. The van der Waals surface area contributed by atoms with Crippen molar-refractivity contribution in [3.05, 3.63) is 35.7 Å². The van der Waals surface area contributed by atoms with Gasteiger partial charge in [0.15, 0.2) is 0 Å². The normalized spacial score (nSPS) is 15.9. The second kappa shape index (κ2) is 5.03. The molecule has 0 aliphatic heterocycles. The van der Waals surface area contributed by atoms with E-state index < -0.39 is 0 Å². The van der Waals surface area contributed by atoms with E-state index in [0.717, 1.165) is 11.3 Å². The number of carbonyl (C=O) groups is 1. The number of nitrogens with zero attached hydrogens (tertiary/aromatic N) is 4. The highest BCUT2D eigenvalue weighted by Gasteiger charge is 2.29. The van der Waals surface area contributed by atoms with Gasteiger partial charge in [0, 0.05) is 11.6 Å². The summed E-state index contributed by atoms with van der Waals surface area (Å²) in [5.74, 6) is 0.635. The molecule has 6 heteroatoms.